The molecule has 0 unspecified atom stereocenters. The minimum atomic E-state index is -3.73. The van der Waals surface area contributed by atoms with Gasteiger partial charge in [-0.3, -0.25) is 4.21 Å². The molecule has 0 atom stereocenters. The minimum absolute atomic E-state index is 0.0129. The average molecular weight is 383 g/mol. The van der Waals surface area contributed by atoms with Gasteiger partial charge < -0.3 is 5.43 Å². The van der Waals surface area contributed by atoms with E-state index in [2.05, 4.69) is 31.1 Å². The van der Waals surface area contributed by atoms with Crippen LogP contribution < -0.4 is 16.0 Å². The van der Waals surface area contributed by atoms with E-state index in [1.165, 1.54) is 12.3 Å². The summed E-state index contributed by atoms with van der Waals surface area (Å²) in [5.41, 5.74) is 2.27. The van der Waals surface area contributed by atoms with Crippen LogP contribution in [0, 0.1) is 0 Å². The van der Waals surface area contributed by atoms with Gasteiger partial charge in [-0.1, -0.05) is 0 Å². The topological polar surface area (TPSA) is 114 Å². The molecule has 1 saturated heterocycles. The van der Waals surface area contributed by atoms with E-state index in [1.807, 2.05) is 0 Å². The number of hydrogen-bond acceptors (Lipinski definition) is 6. The summed E-state index contributed by atoms with van der Waals surface area (Å²) in [6.45, 7) is 0. The van der Waals surface area contributed by atoms with Gasteiger partial charge in [0.2, 0.25) is 10.0 Å². The Morgan fingerprint density at radius 3 is 2.65 bits per heavy atom. The SMILES string of the molecule is NNc1ncc(Br)cc1S(=O)(=O)NC1CCS(=O)CC1. The van der Waals surface area contributed by atoms with Crippen molar-refractivity contribution in [1.29, 1.82) is 0 Å². The molecule has 1 aromatic heterocycles. The summed E-state index contributed by atoms with van der Waals surface area (Å²) in [5, 5.41) is 0. The van der Waals surface area contributed by atoms with E-state index >= 15 is 0 Å². The van der Waals surface area contributed by atoms with Crippen molar-refractivity contribution in [2.75, 3.05) is 16.9 Å². The average Bonchev–Trinajstić information content (AvgIpc) is 2.41. The van der Waals surface area contributed by atoms with Crippen molar-refractivity contribution in [3.05, 3.63) is 16.7 Å². The van der Waals surface area contributed by atoms with Gasteiger partial charge >= 0.3 is 0 Å². The van der Waals surface area contributed by atoms with Gasteiger partial charge in [0.15, 0.2) is 5.82 Å². The van der Waals surface area contributed by atoms with Crippen molar-refractivity contribution in [3.8, 4) is 0 Å². The van der Waals surface area contributed by atoms with Crippen LogP contribution in [-0.2, 0) is 20.8 Å². The molecule has 7 nitrogen and oxygen atoms in total. The lowest BCUT2D eigenvalue weighted by atomic mass is 10.2. The van der Waals surface area contributed by atoms with Crippen molar-refractivity contribution in [2.24, 2.45) is 5.84 Å². The Kier molecular flexibility index (Phi) is 5.13. The third-order valence-electron chi connectivity index (χ3n) is 2.96. The van der Waals surface area contributed by atoms with Crippen molar-refractivity contribution < 1.29 is 12.6 Å². The van der Waals surface area contributed by atoms with Crippen LogP contribution in [-0.4, -0.2) is 35.2 Å². The van der Waals surface area contributed by atoms with Gasteiger partial charge in [0.25, 0.3) is 0 Å². The van der Waals surface area contributed by atoms with Crippen LogP contribution in [0.15, 0.2) is 21.6 Å². The Labute approximate surface area is 128 Å². The highest BCUT2D eigenvalue weighted by Gasteiger charge is 2.26. The minimum Gasteiger partial charge on any atom is -0.307 e. The van der Waals surface area contributed by atoms with Gasteiger partial charge in [0.05, 0.1) is 0 Å². The largest absolute Gasteiger partial charge is 0.307 e. The van der Waals surface area contributed by atoms with Gasteiger partial charge in [0.1, 0.15) is 4.90 Å². The molecule has 2 heterocycles. The molecule has 1 aliphatic rings. The zero-order chi connectivity index (χ0) is 14.8. The Hall–Kier alpha value is -0.550. The summed E-state index contributed by atoms with van der Waals surface area (Å²) in [5.74, 6) is 6.41. The van der Waals surface area contributed by atoms with Gasteiger partial charge in [-0.25, -0.2) is 24.0 Å². The lowest BCUT2D eigenvalue weighted by Gasteiger charge is -2.22. The Morgan fingerprint density at radius 2 is 2.05 bits per heavy atom. The van der Waals surface area contributed by atoms with E-state index in [0.29, 0.717) is 28.8 Å². The van der Waals surface area contributed by atoms with E-state index in [-0.39, 0.29) is 16.8 Å². The second kappa shape index (κ2) is 6.48. The summed E-state index contributed by atoms with van der Waals surface area (Å²) in [7, 11) is -4.56. The first kappa shape index (κ1) is 15.8. The number of nitrogen functional groups attached to an aromatic ring is 1. The molecule has 1 aliphatic heterocycles. The normalized spacial score (nSPS) is 23.5. The molecule has 1 fully saturated rings. The van der Waals surface area contributed by atoms with Crippen molar-refractivity contribution in [3.63, 3.8) is 0 Å². The first-order chi connectivity index (χ1) is 9.42. The predicted molar refractivity (Wildman–Crippen MR) is 81.0 cm³/mol. The van der Waals surface area contributed by atoms with E-state index < -0.39 is 20.8 Å². The zero-order valence-electron chi connectivity index (χ0n) is 10.5. The molecule has 0 amide bonds. The quantitative estimate of drug-likeness (QED) is 0.510. The molecule has 0 radical (unpaired) electrons. The lowest BCUT2D eigenvalue weighted by Crippen LogP contribution is -2.39. The zero-order valence-corrected chi connectivity index (χ0v) is 13.7. The number of hydrazine groups is 1. The second-order valence-corrected chi connectivity index (χ2v) is 8.68. The van der Waals surface area contributed by atoms with E-state index in [0.717, 1.165) is 0 Å². The monoisotopic (exact) mass is 382 g/mol. The highest BCUT2D eigenvalue weighted by atomic mass is 79.9. The molecular formula is C10H15BrN4O3S2. The predicted octanol–water partition coefficient (Wildman–Crippen LogP) is 0.319. The van der Waals surface area contributed by atoms with Gasteiger partial charge in [-0.15, -0.1) is 0 Å². The Bertz CT molecular complexity index is 613. The molecule has 2 rings (SSSR count). The van der Waals surface area contributed by atoms with Crippen LogP contribution in [0.4, 0.5) is 5.82 Å². The van der Waals surface area contributed by atoms with Gasteiger partial charge in [0, 0.05) is 39.0 Å². The number of nitrogens with two attached hydrogens (primary N) is 1. The second-order valence-electron chi connectivity index (χ2n) is 4.39. The lowest BCUT2D eigenvalue weighted by molar-refractivity contribution is 0.522. The third-order valence-corrected chi connectivity index (χ3v) is 6.30. The number of rotatable bonds is 4. The van der Waals surface area contributed by atoms with Crippen LogP contribution in [0.25, 0.3) is 0 Å². The number of sulfonamides is 1. The fourth-order valence-corrected chi connectivity index (χ4v) is 5.16. The number of anilines is 1. The molecule has 1 aromatic rings. The van der Waals surface area contributed by atoms with Crippen LogP contribution in [0.1, 0.15) is 12.8 Å². The Balaban J connectivity index is 2.22. The molecule has 0 saturated carbocycles. The number of pyridine rings is 1. The number of hydrogen-bond donors (Lipinski definition) is 3. The first-order valence-electron chi connectivity index (χ1n) is 5.92. The molecule has 10 heteroatoms. The number of nitrogens with one attached hydrogen (secondary N) is 2. The van der Waals surface area contributed by atoms with Crippen molar-refractivity contribution in [2.45, 2.75) is 23.8 Å². The summed E-state index contributed by atoms with van der Waals surface area (Å²) in [6.07, 6.45) is 2.59. The van der Waals surface area contributed by atoms with Crippen LogP contribution in [0.3, 0.4) is 0 Å². The molecule has 0 aliphatic carbocycles. The highest BCUT2D eigenvalue weighted by molar-refractivity contribution is 9.10. The van der Waals surface area contributed by atoms with Gasteiger partial charge in [-0.05, 0) is 34.8 Å². The first-order valence-corrected chi connectivity index (χ1v) is 9.68. The maximum Gasteiger partial charge on any atom is 0.244 e. The summed E-state index contributed by atoms with van der Waals surface area (Å²) in [4.78, 5) is 3.90. The van der Waals surface area contributed by atoms with Crippen molar-refractivity contribution >= 4 is 42.6 Å². The Morgan fingerprint density at radius 1 is 1.40 bits per heavy atom. The van der Waals surface area contributed by atoms with Crippen molar-refractivity contribution in [1.82, 2.24) is 9.71 Å². The van der Waals surface area contributed by atoms with E-state index in [9.17, 15) is 12.6 Å². The number of nitrogens with zero attached hydrogens (tertiary/aromatic N) is 1. The summed E-state index contributed by atoms with van der Waals surface area (Å²) < 4.78 is 39.2. The third kappa shape index (κ3) is 3.76. The maximum absolute atomic E-state index is 12.4. The molecule has 20 heavy (non-hydrogen) atoms. The molecule has 112 valence electrons. The number of aromatic nitrogens is 1. The fraction of sp³-hybridized carbons (Fsp3) is 0.500. The molecule has 0 spiro atoms. The summed E-state index contributed by atoms with van der Waals surface area (Å²) in [6, 6.07) is 1.23. The molecule has 0 aromatic carbocycles. The fourth-order valence-electron chi connectivity index (χ4n) is 1.93. The van der Waals surface area contributed by atoms with Gasteiger partial charge in [-0.2, -0.15) is 0 Å². The molecule has 4 N–H and O–H groups in total. The van der Waals surface area contributed by atoms with Crippen LogP contribution in [0.5, 0.6) is 0 Å². The maximum atomic E-state index is 12.4. The van der Waals surface area contributed by atoms with E-state index in [4.69, 9.17) is 5.84 Å². The van der Waals surface area contributed by atoms with Crippen LogP contribution in [0.2, 0.25) is 0 Å². The summed E-state index contributed by atoms with van der Waals surface area (Å²) >= 11 is 3.19. The number of halogens is 1. The van der Waals surface area contributed by atoms with E-state index in [1.54, 1.807) is 0 Å². The highest BCUT2D eigenvalue weighted by Crippen LogP contribution is 2.23. The smallest absolute Gasteiger partial charge is 0.244 e. The molecular weight excluding hydrogens is 368 g/mol. The molecule has 0 bridgehead atoms. The standard InChI is InChI=1S/C10H15BrN4O3S2/c11-7-5-9(10(14-12)13-6-7)20(17,18)15-8-1-3-19(16)4-2-8/h5-6,8,15H,1-4,12H2,(H,13,14). The van der Waals surface area contributed by atoms with Crippen LogP contribution >= 0.6 is 15.9 Å².